The predicted octanol–water partition coefficient (Wildman–Crippen LogP) is 4.56. The Hall–Kier alpha value is -3.50. The number of hydrogen-bond acceptors (Lipinski definition) is 4. The van der Waals surface area contributed by atoms with Crippen LogP contribution in [0.15, 0.2) is 78.9 Å². The van der Waals surface area contributed by atoms with E-state index in [1.165, 1.54) is 29.2 Å². The number of para-hydroxylation sites is 1. The van der Waals surface area contributed by atoms with Gasteiger partial charge >= 0.3 is 16.2 Å². The topological polar surface area (TPSA) is 81.7 Å². The Morgan fingerprint density at radius 2 is 1.35 bits per heavy atom. The van der Waals surface area contributed by atoms with Crippen LogP contribution in [0.4, 0.5) is 19.3 Å². The Labute approximate surface area is 216 Å². The van der Waals surface area contributed by atoms with E-state index in [2.05, 4.69) is 14.3 Å². The zero-order valence-corrected chi connectivity index (χ0v) is 21.1. The van der Waals surface area contributed by atoms with Crippen molar-refractivity contribution >= 4 is 21.9 Å². The molecule has 196 valence electrons. The van der Waals surface area contributed by atoms with Gasteiger partial charge in [-0.15, -0.1) is 0 Å². The quantitative estimate of drug-likeness (QED) is 0.427. The molecule has 0 radical (unpaired) electrons. The summed E-state index contributed by atoms with van der Waals surface area (Å²) in [6.07, 6.45) is 1.64. The number of hydrogen-bond donors (Lipinski definition) is 2. The minimum Gasteiger partial charge on any atom is -0.321 e. The Bertz CT molecular complexity index is 1220. The lowest BCUT2D eigenvalue weighted by molar-refractivity contribution is 0.141. The molecule has 3 aromatic rings. The fourth-order valence-corrected chi connectivity index (χ4v) is 5.33. The third-order valence-electron chi connectivity index (χ3n) is 6.42. The van der Waals surface area contributed by atoms with Crippen molar-refractivity contribution in [2.45, 2.75) is 18.8 Å². The molecule has 1 fully saturated rings. The van der Waals surface area contributed by atoms with Crippen LogP contribution in [0.3, 0.4) is 0 Å². The summed E-state index contributed by atoms with van der Waals surface area (Å²) in [6, 6.07) is 20.5. The summed E-state index contributed by atoms with van der Waals surface area (Å²) in [5, 5.41) is 0. The molecule has 1 aliphatic rings. The number of carbonyl (C=O) groups is 1. The molecule has 4 rings (SSSR count). The molecule has 0 bridgehead atoms. The molecular weight excluding hydrogens is 498 g/mol. The molecular formula is C27H30F2N4O3S. The lowest BCUT2D eigenvalue weighted by Crippen LogP contribution is -2.53. The first kappa shape index (κ1) is 26.6. The molecule has 2 N–H and O–H groups in total. The van der Waals surface area contributed by atoms with Crippen LogP contribution in [0.25, 0.3) is 0 Å². The number of urea groups is 1. The average Bonchev–Trinajstić information content (AvgIpc) is 2.88. The molecule has 0 atom stereocenters. The van der Waals surface area contributed by atoms with E-state index in [9.17, 15) is 22.0 Å². The van der Waals surface area contributed by atoms with Gasteiger partial charge in [0.25, 0.3) is 0 Å². The molecule has 3 aromatic carbocycles. The number of carbonyl (C=O) groups excluding carboxylic acids is 1. The van der Waals surface area contributed by atoms with Crippen LogP contribution in [0.2, 0.25) is 0 Å². The third-order valence-corrected chi connectivity index (χ3v) is 7.37. The Morgan fingerprint density at radius 3 is 1.89 bits per heavy atom. The number of nitrogens with one attached hydrogen (secondary N) is 2. The fourth-order valence-electron chi connectivity index (χ4n) is 4.48. The number of piperazine rings is 1. The standard InChI is InChI=1S/C27H30F2N4O3S/c28-23-12-8-21(9-13-23)26(22-10-14-24(29)15-11-22)7-4-16-32-17-19-33(20-18-32)27(34)31-37(35,36)30-25-5-2-1-3-6-25/h1-3,5-6,8-15,26,30H,4,7,16-20H2,(H,31,34). The minimum absolute atomic E-state index is 0.00980. The summed E-state index contributed by atoms with van der Waals surface area (Å²) in [5.41, 5.74) is 2.31. The highest BCUT2D eigenvalue weighted by atomic mass is 32.2. The van der Waals surface area contributed by atoms with Gasteiger partial charge in [0, 0.05) is 32.1 Å². The van der Waals surface area contributed by atoms with E-state index in [0.29, 0.717) is 31.9 Å². The van der Waals surface area contributed by atoms with Gasteiger partial charge < -0.3 is 4.90 Å². The number of halogens is 2. The van der Waals surface area contributed by atoms with Crippen molar-refractivity contribution in [2.24, 2.45) is 0 Å². The van der Waals surface area contributed by atoms with Crippen LogP contribution in [0, 0.1) is 11.6 Å². The second-order valence-corrected chi connectivity index (χ2v) is 10.4. The largest absolute Gasteiger partial charge is 0.332 e. The maximum Gasteiger partial charge on any atom is 0.332 e. The Kier molecular flexibility index (Phi) is 8.73. The van der Waals surface area contributed by atoms with Crippen molar-refractivity contribution in [2.75, 3.05) is 37.4 Å². The number of nitrogens with zero attached hydrogens (tertiary/aromatic N) is 2. The van der Waals surface area contributed by atoms with Crippen LogP contribution in [-0.4, -0.2) is 57.0 Å². The van der Waals surface area contributed by atoms with Crippen molar-refractivity contribution in [1.29, 1.82) is 0 Å². The SMILES string of the molecule is O=C(NS(=O)(=O)Nc1ccccc1)N1CCN(CCCC(c2ccc(F)cc2)c2ccc(F)cc2)CC1. The molecule has 37 heavy (non-hydrogen) atoms. The average molecular weight is 529 g/mol. The van der Waals surface area contributed by atoms with Crippen LogP contribution >= 0.6 is 0 Å². The summed E-state index contributed by atoms with van der Waals surface area (Å²) >= 11 is 0. The van der Waals surface area contributed by atoms with E-state index in [1.54, 1.807) is 54.6 Å². The van der Waals surface area contributed by atoms with E-state index in [-0.39, 0.29) is 17.6 Å². The molecule has 2 amide bonds. The first-order valence-electron chi connectivity index (χ1n) is 12.2. The Balaban J connectivity index is 1.26. The molecule has 10 heteroatoms. The number of benzene rings is 3. The maximum atomic E-state index is 13.5. The van der Waals surface area contributed by atoms with Gasteiger partial charge in [-0.3, -0.25) is 9.62 Å². The first-order chi connectivity index (χ1) is 17.8. The van der Waals surface area contributed by atoms with Gasteiger partial charge in [0.2, 0.25) is 0 Å². The van der Waals surface area contributed by atoms with Crippen molar-refractivity contribution < 1.29 is 22.0 Å². The maximum absolute atomic E-state index is 13.5. The fraction of sp³-hybridized carbons (Fsp3) is 0.296. The van der Waals surface area contributed by atoms with Gasteiger partial charge in [-0.05, 0) is 66.9 Å². The first-order valence-corrected chi connectivity index (χ1v) is 13.7. The predicted molar refractivity (Wildman–Crippen MR) is 139 cm³/mol. The van der Waals surface area contributed by atoms with Crippen molar-refractivity contribution in [3.05, 3.63) is 102 Å². The Morgan fingerprint density at radius 1 is 0.811 bits per heavy atom. The summed E-state index contributed by atoms with van der Waals surface area (Å²) in [4.78, 5) is 16.2. The van der Waals surface area contributed by atoms with E-state index in [0.717, 1.165) is 30.5 Å². The zero-order chi connectivity index (χ0) is 26.3. The van der Waals surface area contributed by atoms with Gasteiger partial charge in [0.1, 0.15) is 11.6 Å². The molecule has 7 nitrogen and oxygen atoms in total. The summed E-state index contributed by atoms with van der Waals surface area (Å²) < 4.78 is 55.8. The third kappa shape index (κ3) is 7.74. The molecule has 0 saturated carbocycles. The molecule has 0 spiro atoms. The van der Waals surface area contributed by atoms with E-state index in [4.69, 9.17) is 0 Å². The zero-order valence-electron chi connectivity index (χ0n) is 20.3. The number of rotatable bonds is 9. The van der Waals surface area contributed by atoms with Gasteiger partial charge in [-0.2, -0.15) is 8.42 Å². The normalized spacial score (nSPS) is 14.5. The lowest BCUT2D eigenvalue weighted by Gasteiger charge is -2.34. The lowest BCUT2D eigenvalue weighted by atomic mass is 9.87. The van der Waals surface area contributed by atoms with Crippen LogP contribution in [0.1, 0.15) is 29.9 Å². The molecule has 0 unspecified atom stereocenters. The van der Waals surface area contributed by atoms with E-state index >= 15 is 0 Å². The highest BCUT2D eigenvalue weighted by molar-refractivity contribution is 7.91. The van der Waals surface area contributed by atoms with E-state index in [1.807, 2.05) is 0 Å². The number of amides is 2. The van der Waals surface area contributed by atoms with Gasteiger partial charge in [-0.1, -0.05) is 42.5 Å². The number of anilines is 1. The van der Waals surface area contributed by atoms with Gasteiger partial charge in [0.15, 0.2) is 0 Å². The van der Waals surface area contributed by atoms with Gasteiger partial charge in [0.05, 0.1) is 5.69 Å². The molecule has 0 aromatic heterocycles. The second kappa shape index (κ2) is 12.2. The van der Waals surface area contributed by atoms with Crippen LogP contribution < -0.4 is 9.44 Å². The van der Waals surface area contributed by atoms with Crippen LogP contribution in [-0.2, 0) is 10.2 Å². The van der Waals surface area contributed by atoms with Crippen molar-refractivity contribution in [3.8, 4) is 0 Å². The smallest absolute Gasteiger partial charge is 0.321 e. The van der Waals surface area contributed by atoms with Crippen LogP contribution in [0.5, 0.6) is 0 Å². The highest BCUT2D eigenvalue weighted by Gasteiger charge is 2.25. The molecule has 1 aliphatic heterocycles. The monoisotopic (exact) mass is 528 g/mol. The molecule has 1 heterocycles. The molecule has 0 aliphatic carbocycles. The summed E-state index contributed by atoms with van der Waals surface area (Å²) in [7, 11) is -4.03. The summed E-state index contributed by atoms with van der Waals surface area (Å²) in [5.74, 6) is -0.588. The van der Waals surface area contributed by atoms with E-state index < -0.39 is 16.2 Å². The second-order valence-electron chi connectivity index (χ2n) is 9.01. The highest BCUT2D eigenvalue weighted by Crippen LogP contribution is 2.30. The summed E-state index contributed by atoms with van der Waals surface area (Å²) in [6.45, 7) is 2.86. The minimum atomic E-state index is -4.03. The van der Waals surface area contributed by atoms with Gasteiger partial charge in [-0.25, -0.2) is 18.3 Å². The molecule has 1 saturated heterocycles. The van der Waals surface area contributed by atoms with Crippen molar-refractivity contribution in [3.63, 3.8) is 0 Å². The van der Waals surface area contributed by atoms with Crippen molar-refractivity contribution in [1.82, 2.24) is 14.5 Å².